The predicted octanol–water partition coefficient (Wildman–Crippen LogP) is 1.79. The Labute approximate surface area is 136 Å². The van der Waals surface area contributed by atoms with Crippen molar-refractivity contribution >= 4 is 34.0 Å². The van der Waals surface area contributed by atoms with E-state index in [9.17, 15) is 9.59 Å². The van der Waals surface area contributed by atoms with E-state index in [1.54, 1.807) is 0 Å². The summed E-state index contributed by atoms with van der Waals surface area (Å²) < 4.78 is 3.06. The van der Waals surface area contributed by atoms with Crippen molar-refractivity contribution < 1.29 is 9.59 Å². The van der Waals surface area contributed by atoms with Crippen molar-refractivity contribution in [2.75, 3.05) is 0 Å². The lowest BCUT2D eigenvalue weighted by molar-refractivity contribution is -0.137. The monoisotopic (exact) mass is 362 g/mol. The Bertz CT molecular complexity index is 765. The van der Waals surface area contributed by atoms with Gasteiger partial charge < -0.3 is 10.3 Å². The van der Waals surface area contributed by atoms with Crippen LogP contribution in [0.4, 0.5) is 0 Å². The minimum absolute atomic E-state index is 0.835. The molecule has 1 heterocycles. The van der Waals surface area contributed by atoms with Gasteiger partial charge in [0.2, 0.25) is 0 Å². The molecular formula is C15H15BrN4O2. The summed E-state index contributed by atoms with van der Waals surface area (Å²) in [7, 11) is 0. The van der Waals surface area contributed by atoms with Crippen molar-refractivity contribution in [3.05, 3.63) is 51.8 Å². The van der Waals surface area contributed by atoms with Gasteiger partial charge >= 0.3 is 11.8 Å². The largest absolute Gasteiger partial charge is 0.361 e. The molecule has 2 rings (SSSR count). The molecule has 22 heavy (non-hydrogen) atoms. The summed E-state index contributed by atoms with van der Waals surface area (Å²) >= 11 is 3.46. The molecule has 0 aliphatic heterocycles. The average molecular weight is 363 g/mol. The number of benzene rings is 1. The number of carbonyl (C=O) groups is 2. The highest BCUT2D eigenvalue weighted by atomic mass is 79.9. The smallest absolute Gasteiger partial charge is 0.329 e. The molecule has 0 bridgehead atoms. The van der Waals surface area contributed by atoms with Gasteiger partial charge in [-0.15, -0.1) is 0 Å². The molecule has 0 saturated carbocycles. The third kappa shape index (κ3) is 3.43. The number of nitrogens with zero attached hydrogens (tertiary/aromatic N) is 2. The number of rotatable bonds is 3. The molecule has 6 nitrogen and oxygen atoms in total. The first-order valence-corrected chi connectivity index (χ1v) is 7.27. The molecule has 7 heteroatoms. The molecule has 0 radical (unpaired) electrons. The van der Waals surface area contributed by atoms with E-state index in [-0.39, 0.29) is 0 Å². The molecule has 0 atom stereocenters. The maximum atomic E-state index is 11.0. The maximum Gasteiger partial charge on any atom is 0.329 e. The van der Waals surface area contributed by atoms with Crippen molar-refractivity contribution in [3.8, 4) is 5.69 Å². The minimum atomic E-state index is -1.07. The highest BCUT2D eigenvalue weighted by molar-refractivity contribution is 9.10. The zero-order chi connectivity index (χ0) is 16.3. The molecular weight excluding hydrogens is 348 g/mol. The van der Waals surface area contributed by atoms with Crippen LogP contribution in [0.5, 0.6) is 0 Å². The molecule has 0 aliphatic rings. The number of primary amides is 1. The Morgan fingerprint density at radius 3 is 2.68 bits per heavy atom. The predicted molar refractivity (Wildman–Crippen MR) is 87.9 cm³/mol. The molecule has 0 spiro atoms. The molecule has 2 amide bonds. The normalized spacial score (nSPS) is 10.9. The van der Waals surface area contributed by atoms with Crippen LogP contribution in [0.15, 0.2) is 39.9 Å². The molecule has 2 aromatic rings. The number of carbonyl (C=O) groups excluding carboxylic acids is 2. The van der Waals surface area contributed by atoms with E-state index in [0.29, 0.717) is 0 Å². The lowest BCUT2D eigenvalue weighted by Gasteiger charge is -2.09. The Kier molecular flexibility index (Phi) is 4.77. The van der Waals surface area contributed by atoms with Gasteiger partial charge in [-0.1, -0.05) is 22.0 Å². The highest BCUT2D eigenvalue weighted by Gasteiger charge is 2.10. The number of aryl methyl sites for hydroxylation is 1. The lowest BCUT2D eigenvalue weighted by Crippen LogP contribution is -2.32. The van der Waals surface area contributed by atoms with Crippen LogP contribution in [0, 0.1) is 13.8 Å². The summed E-state index contributed by atoms with van der Waals surface area (Å²) in [5.74, 6) is -2.02. The van der Waals surface area contributed by atoms with Gasteiger partial charge in [0.05, 0.1) is 6.21 Å². The third-order valence-electron chi connectivity index (χ3n) is 3.13. The van der Waals surface area contributed by atoms with Crippen LogP contribution in [-0.4, -0.2) is 22.6 Å². The van der Waals surface area contributed by atoms with Gasteiger partial charge in [-0.25, -0.2) is 5.43 Å². The van der Waals surface area contributed by atoms with Gasteiger partial charge in [-0.05, 0) is 38.1 Å². The van der Waals surface area contributed by atoms with Crippen LogP contribution >= 0.6 is 15.9 Å². The zero-order valence-corrected chi connectivity index (χ0v) is 13.7. The summed E-state index contributed by atoms with van der Waals surface area (Å²) in [6, 6.07) is 9.87. The molecule has 1 aromatic carbocycles. The number of amides is 2. The number of hydrazone groups is 1. The van der Waals surface area contributed by atoms with E-state index in [4.69, 9.17) is 5.73 Å². The Morgan fingerprint density at radius 2 is 2.05 bits per heavy atom. The molecule has 3 N–H and O–H groups in total. The molecule has 1 aromatic heterocycles. The van der Waals surface area contributed by atoms with Crippen LogP contribution < -0.4 is 11.2 Å². The second-order valence-electron chi connectivity index (χ2n) is 4.71. The van der Waals surface area contributed by atoms with Gasteiger partial charge in [0.1, 0.15) is 0 Å². The number of hydrogen-bond donors (Lipinski definition) is 2. The SMILES string of the molecule is Cc1cc(/C=N\NC(=O)C(N)=O)c(C)n1-c1cccc(Br)c1. The van der Waals surface area contributed by atoms with Crippen LogP contribution in [-0.2, 0) is 9.59 Å². The summed E-state index contributed by atoms with van der Waals surface area (Å²) in [5, 5.41) is 3.74. The maximum absolute atomic E-state index is 11.0. The van der Waals surface area contributed by atoms with E-state index < -0.39 is 11.8 Å². The second kappa shape index (κ2) is 6.57. The van der Waals surface area contributed by atoms with Crippen LogP contribution in [0.2, 0.25) is 0 Å². The summed E-state index contributed by atoms with van der Waals surface area (Å²) in [6.07, 6.45) is 1.48. The fraction of sp³-hybridized carbons (Fsp3) is 0.133. The van der Waals surface area contributed by atoms with Crippen LogP contribution in [0.1, 0.15) is 17.0 Å². The lowest BCUT2D eigenvalue weighted by atomic mass is 10.2. The van der Waals surface area contributed by atoms with E-state index in [2.05, 4.69) is 31.0 Å². The van der Waals surface area contributed by atoms with Crippen LogP contribution in [0.25, 0.3) is 5.69 Å². The Balaban J connectivity index is 2.30. The fourth-order valence-electron chi connectivity index (χ4n) is 2.15. The first kappa shape index (κ1) is 16.0. The molecule has 0 fully saturated rings. The molecule has 114 valence electrons. The standard InChI is InChI=1S/C15H15BrN4O2/c1-9-6-11(8-18-19-15(22)14(17)21)10(2)20(9)13-5-3-4-12(16)7-13/h3-8H,1-2H3,(H2,17,21)(H,19,22)/b18-8-. The van der Waals surface area contributed by atoms with Gasteiger partial charge in [0.15, 0.2) is 0 Å². The van der Waals surface area contributed by atoms with Crippen molar-refractivity contribution in [1.82, 2.24) is 9.99 Å². The number of aromatic nitrogens is 1. The van der Waals surface area contributed by atoms with E-state index in [0.717, 1.165) is 27.1 Å². The van der Waals surface area contributed by atoms with Crippen molar-refractivity contribution in [3.63, 3.8) is 0 Å². The first-order chi connectivity index (χ1) is 10.4. The quantitative estimate of drug-likeness (QED) is 0.495. The number of nitrogens with one attached hydrogen (secondary N) is 1. The fourth-order valence-corrected chi connectivity index (χ4v) is 2.53. The Hall–Kier alpha value is -2.41. The molecule has 0 saturated heterocycles. The Morgan fingerprint density at radius 1 is 1.32 bits per heavy atom. The zero-order valence-electron chi connectivity index (χ0n) is 12.1. The number of nitrogens with two attached hydrogens (primary N) is 1. The van der Waals surface area contributed by atoms with Gasteiger partial charge in [0.25, 0.3) is 0 Å². The molecule has 0 unspecified atom stereocenters. The summed E-state index contributed by atoms with van der Waals surface area (Å²) in [4.78, 5) is 21.7. The summed E-state index contributed by atoms with van der Waals surface area (Å²) in [5.41, 5.74) is 10.8. The van der Waals surface area contributed by atoms with Crippen molar-refractivity contribution in [2.45, 2.75) is 13.8 Å². The number of hydrogen-bond acceptors (Lipinski definition) is 3. The van der Waals surface area contributed by atoms with E-state index in [1.807, 2.05) is 44.2 Å². The van der Waals surface area contributed by atoms with Crippen molar-refractivity contribution in [2.24, 2.45) is 10.8 Å². The molecule has 0 aliphatic carbocycles. The highest BCUT2D eigenvalue weighted by Crippen LogP contribution is 2.22. The van der Waals surface area contributed by atoms with E-state index in [1.165, 1.54) is 6.21 Å². The second-order valence-corrected chi connectivity index (χ2v) is 5.62. The number of halogens is 1. The topological polar surface area (TPSA) is 89.5 Å². The van der Waals surface area contributed by atoms with E-state index >= 15 is 0 Å². The first-order valence-electron chi connectivity index (χ1n) is 6.48. The summed E-state index contributed by atoms with van der Waals surface area (Å²) in [6.45, 7) is 3.93. The van der Waals surface area contributed by atoms with Crippen molar-refractivity contribution in [1.29, 1.82) is 0 Å². The minimum Gasteiger partial charge on any atom is -0.361 e. The average Bonchev–Trinajstić information content (AvgIpc) is 2.73. The van der Waals surface area contributed by atoms with Crippen LogP contribution in [0.3, 0.4) is 0 Å². The van der Waals surface area contributed by atoms with Gasteiger partial charge in [0, 0.05) is 27.1 Å². The van der Waals surface area contributed by atoms with Gasteiger partial charge in [-0.2, -0.15) is 5.10 Å². The van der Waals surface area contributed by atoms with Gasteiger partial charge in [-0.3, -0.25) is 9.59 Å². The third-order valence-corrected chi connectivity index (χ3v) is 3.62.